The number of aromatic amines is 2. The largest absolute Gasteiger partial charge is 0.355 e. The van der Waals surface area contributed by atoms with Crippen LogP contribution in [0.4, 0.5) is 10.2 Å². The van der Waals surface area contributed by atoms with Crippen molar-refractivity contribution in [1.82, 2.24) is 20.6 Å². The minimum atomic E-state index is -0.746. The first-order valence-corrected chi connectivity index (χ1v) is 6.47. The normalized spacial score (nSPS) is 11.1. The average molecular weight is 320 g/mol. The summed E-state index contributed by atoms with van der Waals surface area (Å²) in [6.45, 7) is 1.37. The van der Waals surface area contributed by atoms with Gasteiger partial charge in [0.15, 0.2) is 0 Å². The molecule has 2 aromatic rings. The number of amides is 1. The number of halogens is 1. The van der Waals surface area contributed by atoms with Crippen molar-refractivity contribution in [1.29, 1.82) is 0 Å². The van der Waals surface area contributed by atoms with Crippen LogP contribution >= 0.6 is 0 Å². The van der Waals surface area contributed by atoms with Crippen LogP contribution in [0.2, 0.25) is 0 Å². The van der Waals surface area contributed by atoms with Crippen LogP contribution < -0.4 is 22.0 Å². The first-order valence-electron chi connectivity index (χ1n) is 6.47. The maximum absolute atomic E-state index is 12.8. The van der Waals surface area contributed by atoms with E-state index in [-0.39, 0.29) is 18.2 Å². The molecule has 0 atom stereocenters. The molecule has 9 nitrogen and oxygen atoms in total. The maximum Gasteiger partial charge on any atom is 0.342 e. The summed E-state index contributed by atoms with van der Waals surface area (Å²) >= 11 is 0. The van der Waals surface area contributed by atoms with Crippen LogP contribution in [-0.2, 0) is 4.79 Å². The summed E-state index contributed by atoms with van der Waals surface area (Å²) in [4.78, 5) is 35.7. The molecule has 2 rings (SSSR count). The van der Waals surface area contributed by atoms with E-state index >= 15 is 0 Å². The number of nitrogens with zero attached hydrogens (tertiary/aromatic N) is 2. The predicted molar refractivity (Wildman–Crippen MR) is 80.7 cm³/mol. The summed E-state index contributed by atoms with van der Waals surface area (Å²) in [6, 6.07) is 5.63. The SMILES string of the molecule is C/C(=N/NC(=O)CNc1n[nH]c(=O)[nH]c1=O)c1ccc(F)cc1. The van der Waals surface area contributed by atoms with Crippen molar-refractivity contribution in [2.24, 2.45) is 5.10 Å². The quantitative estimate of drug-likeness (QED) is 0.437. The fourth-order valence-corrected chi connectivity index (χ4v) is 1.57. The molecule has 0 aliphatic heterocycles. The smallest absolute Gasteiger partial charge is 0.342 e. The van der Waals surface area contributed by atoms with E-state index in [1.165, 1.54) is 24.3 Å². The highest BCUT2D eigenvalue weighted by atomic mass is 19.1. The second-order valence-electron chi connectivity index (χ2n) is 4.45. The minimum absolute atomic E-state index is 0.195. The van der Waals surface area contributed by atoms with Gasteiger partial charge in [0.2, 0.25) is 5.82 Å². The number of hydrogen-bond donors (Lipinski definition) is 4. The van der Waals surface area contributed by atoms with Crippen molar-refractivity contribution in [2.45, 2.75) is 6.92 Å². The van der Waals surface area contributed by atoms with Crippen molar-refractivity contribution in [3.63, 3.8) is 0 Å². The molecule has 23 heavy (non-hydrogen) atoms. The molecule has 0 radical (unpaired) electrons. The van der Waals surface area contributed by atoms with Gasteiger partial charge in [-0.3, -0.25) is 14.6 Å². The zero-order chi connectivity index (χ0) is 16.8. The highest BCUT2D eigenvalue weighted by molar-refractivity contribution is 5.99. The predicted octanol–water partition coefficient (Wildman–Crippen LogP) is -0.450. The van der Waals surface area contributed by atoms with Gasteiger partial charge in [-0.25, -0.2) is 19.7 Å². The van der Waals surface area contributed by atoms with Crippen LogP contribution in [0.25, 0.3) is 0 Å². The lowest BCUT2D eigenvalue weighted by Gasteiger charge is -2.04. The molecule has 0 saturated heterocycles. The van der Waals surface area contributed by atoms with E-state index in [1.807, 2.05) is 10.1 Å². The Kier molecular flexibility index (Phi) is 4.97. The number of carbonyl (C=O) groups excluding carboxylic acids is 1. The summed E-state index contributed by atoms with van der Waals surface area (Å²) < 4.78 is 12.8. The fourth-order valence-electron chi connectivity index (χ4n) is 1.57. The number of rotatable bonds is 5. The van der Waals surface area contributed by atoms with Crippen LogP contribution in [0.3, 0.4) is 0 Å². The third kappa shape index (κ3) is 4.59. The monoisotopic (exact) mass is 320 g/mol. The number of hydrazone groups is 1. The molecule has 1 aromatic carbocycles. The molecule has 1 heterocycles. The van der Waals surface area contributed by atoms with Gasteiger partial charge in [-0.15, -0.1) is 5.10 Å². The van der Waals surface area contributed by atoms with Crippen LogP contribution in [-0.4, -0.2) is 33.3 Å². The van der Waals surface area contributed by atoms with Gasteiger partial charge in [-0.1, -0.05) is 12.1 Å². The van der Waals surface area contributed by atoms with Crippen LogP contribution in [0, 0.1) is 5.82 Å². The number of benzene rings is 1. The van der Waals surface area contributed by atoms with Crippen molar-refractivity contribution < 1.29 is 9.18 Å². The Bertz CT molecular complexity index is 840. The standard InChI is InChI=1S/C13H13FN6O3/c1-7(8-2-4-9(14)5-3-8)17-18-10(21)6-15-11-12(22)16-13(23)20-19-11/h2-5H,6H2,1H3,(H,15,19)(H,18,21)(H2,16,20,22,23)/b17-7-. The Balaban J connectivity index is 1.91. The Hall–Kier alpha value is -3.30. The molecule has 0 aliphatic rings. The fraction of sp³-hybridized carbons (Fsp3) is 0.154. The molecule has 0 aliphatic carbocycles. The average Bonchev–Trinajstić information content (AvgIpc) is 2.52. The molecule has 0 unspecified atom stereocenters. The summed E-state index contributed by atoms with van der Waals surface area (Å²) in [7, 11) is 0. The second-order valence-corrected chi connectivity index (χ2v) is 4.45. The van der Waals surface area contributed by atoms with E-state index in [0.29, 0.717) is 11.3 Å². The Morgan fingerprint density at radius 2 is 2.00 bits per heavy atom. The third-order valence-electron chi connectivity index (χ3n) is 2.74. The summed E-state index contributed by atoms with van der Waals surface area (Å²) in [5.41, 5.74) is 1.92. The molecule has 120 valence electrons. The molecule has 1 amide bonds. The van der Waals surface area contributed by atoms with E-state index < -0.39 is 17.2 Å². The van der Waals surface area contributed by atoms with Crippen molar-refractivity contribution >= 4 is 17.4 Å². The lowest BCUT2D eigenvalue weighted by molar-refractivity contribution is -0.119. The van der Waals surface area contributed by atoms with Gasteiger partial charge in [0, 0.05) is 0 Å². The molecule has 1 aromatic heterocycles. The van der Waals surface area contributed by atoms with Crippen LogP contribution in [0.5, 0.6) is 0 Å². The summed E-state index contributed by atoms with van der Waals surface area (Å²) in [6.07, 6.45) is 0. The van der Waals surface area contributed by atoms with Crippen molar-refractivity contribution in [3.05, 3.63) is 56.5 Å². The van der Waals surface area contributed by atoms with Gasteiger partial charge < -0.3 is 5.32 Å². The topological polar surface area (TPSA) is 132 Å². The first-order chi connectivity index (χ1) is 11.0. The Morgan fingerprint density at radius 1 is 1.30 bits per heavy atom. The van der Waals surface area contributed by atoms with Gasteiger partial charge in [0.25, 0.3) is 11.5 Å². The van der Waals surface area contributed by atoms with Gasteiger partial charge in [0.1, 0.15) is 5.82 Å². The zero-order valence-corrected chi connectivity index (χ0v) is 12.0. The highest BCUT2D eigenvalue weighted by Gasteiger charge is 2.05. The van der Waals surface area contributed by atoms with Gasteiger partial charge in [0.05, 0.1) is 12.3 Å². The first kappa shape index (κ1) is 16.1. The van der Waals surface area contributed by atoms with Crippen LogP contribution in [0.1, 0.15) is 12.5 Å². The lowest BCUT2D eigenvalue weighted by Crippen LogP contribution is -2.32. The van der Waals surface area contributed by atoms with E-state index in [9.17, 15) is 18.8 Å². The molecule has 0 saturated carbocycles. The van der Waals surface area contributed by atoms with E-state index in [0.717, 1.165) is 0 Å². The van der Waals surface area contributed by atoms with Crippen LogP contribution in [0.15, 0.2) is 39.0 Å². The second kappa shape index (κ2) is 7.11. The molecule has 0 spiro atoms. The molecule has 0 fully saturated rings. The summed E-state index contributed by atoms with van der Waals surface area (Å²) in [5.74, 6) is -1.09. The lowest BCUT2D eigenvalue weighted by atomic mass is 10.1. The number of carbonyl (C=O) groups is 1. The molecular formula is C13H13FN6O3. The maximum atomic E-state index is 12.8. The van der Waals surface area contributed by atoms with Gasteiger partial charge in [-0.05, 0) is 24.6 Å². The number of anilines is 1. The Morgan fingerprint density at radius 3 is 2.65 bits per heavy atom. The van der Waals surface area contributed by atoms with Crippen molar-refractivity contribution in [3.8, 4) is 0 Å². The van der Waals surface area contributed by atoms with E-state index in [2.05, 4.69) is 20.9 Å². The third-order valence-corrected chi connectivity index (χ3v) is 2.74. The Labute approximate surface area is 128 Å². The number of aromatic nitrogens is 3. The minimum Gasteiger partial charge on any atom is -0.355 e. The van der Waals surface area contributed by atoms with Gasteiger partial charge in [-0.2, -0.15) is 5.10 Å². The molecule has 10 heteroatoms. The highest BCUT2D eigenvalue weighted by Crippen LogP contribution is 2.03. The summed E-state index contributed by atoms with van der Waals surface area (Å²) in [5, 5.41) is 11.8. The zero-order valence-electron chi connectivity index (χ0n) is 12.0. The number of H-pyrrole nitrogens is 2. The van der Waals surface area contributed by atoms with Gasteiger partial charge >= 0.3 is 5.69 Å². The van der Waals surface area contributed by atoms with E-state index in [1.54, 1.807) is 6.92 Å². The number of nitrogens with one attached hydrogen (secondary N) is 4. The number of hydrogen-bond acceptors (Lipinski definition) is 6. The molecule has 0 bridgehead atoms. The van der Waals surface area contributed by atoms with E-state index in [4.69, 9.17) is 0 Å². The molecular weight excluding hydrogens is 307 g/mol. The van der Waals surface area contributed by atoms with Crippen molar-refractivity contribution in [2.75, 3.05) is 11.9 Å². The molecule has 4 N–H and O–H groups in total.